The van der Waals surface area contributed by atoms with E-state index >= 15 is 0 Å². The van der Waals surface area contributed by atoms with E-state index in [1.54, 1.807) is 27.0 Å². The molecule has 1 heterocycles. The quantitative estimate of drug-likeness (QED) is 0.453. The largest absolute Gasteiger partial charge is 0.469 e. The molecule has 164 valence electrons. The van der Waals surface area contributed by atoms with E-state index in [0.717, 1.165) is 15.6 Å². The van der Waals surface area contributed by atoms with E-state index in [2.05, 4.69) is 15.9 Å². The molecule has 0 N–H and O–H groups in total. The van der Waals surface area contributed by atoms with Gasteiger partial charge in [0, 0.05) is 17.6 Å². The summed E-state index contributed by atoms with van der Waals surface area (Å²) in [5, 5.41) is 0. The van der Waals surface area contributed by atoms with Crippen LogP contribution in [0.3, 0.4) is 0 Å². The molecule has 2 rings (SSSR count). The first-order valence-electron chi connectivity index (χ1n) is 9.68. The first kappa shape index (κ1) is 23.9. The highest BCUT2D eigenvalue weighted by molar-refractivity contribution is 9.10. The van der Waals surface area contributed by atoms with Gasteiger partial charge in [0.05, 0.1) is 19.6 Å². The van der Waals surface area contributed by atoms with Crippen LogP contribution in [0.2, 0.25) is 0 Å². The molecule has 1 aromatic rings. The predicted molar refractivity (Wildman–Crippen MR) is 115 cm³/mol. The second-order valence-electron chi connectivity index (χ2n) is 8.16. The average Bonchev–Trinajstić information content (AvgIpc) is 2.65. The van der Waals surface area contributed by atoms with Crippen molar-refractivity contribution in [2.45, 2.75) is 52.2 Å². The van der Waals surface area contributed by atoms with Crippen LogP contribution < -0.4 is 0 Å². The standard InChI is InChI=1S/C22H28BrNO6/c1-14(25)29-13-19-16(11-20(26)28-5)10-17(15-6-8-18(23)9-7-15)12-24(19)21(27)30-22(2,3)4/h6-9,12,16,19H,10-11,13H2,1-5H3/t16-,19-/m1/s1. The third-order valence-electron chi connectivity index (χ3n) is 4.61. The molecule has 7 nitrogen and oxygen atoms in total. The first-order chi connectivity index (χ1) is 14.0. The SMILES string of the molecule is COC(=O)C[C@H]1CC(c2ccc(Br)cc2)=CN(C(=O)OC(C)(C)C)[C@@H]1COC(C)=O. The fraction of sp³-hybridized carbons (Fsp3) is 0.500. The number of carbonyl (C=O) groups excluding carboxylic acids is 3. The number of methoxy groups -OCH3 is 1. The molecule has 0 bridgehead atoms. The Morgan fingerprint density at radius 2 is 1.80 bits per heavy atom. The lowest BCUT2D eigenvalue weighted by atomic mass is 9.83. The molecular weight excluding hydrogens is 454 g/mol. The van der Waals surface area contributed by atoms with Gasteiger partial charge in [0.15, 0.2) is 0 Å². The zero-order valence-electron chi connectivity index (χ0n) is 17.9. The Morgan fingerprint density at radius 1 is 1.17 bits per heavy atom. The molecule has 0 radical (unpaired) electrons. The van der Waals surface area contributed by atoms with Crippen molar-refractivity contribution < 1.29 is 28.6 Å². The molecule has 1 amide bonds. The highest BCUT2D eigenvalue weighted by Crippen LogP contribution is 2.36. The number of ether oxygens (including phenoxy) is 3. The molecule has 1 aliphatic heterocycles. The fourth-order valence-corrected chi connectivity index (χ4v) is 3.51. The van der Waals surface area contributed by atoms with Gasteiger partial charge in [-0.05, 0) is 56.4 Å². The van der Waals surface area contributed by atoms with Crippen LogP contribution in [0.1, 0.15) is 46.1 Å². The Kier molecular flexibility index (Phi) is 8.06. The van der Waals surface area contributed by atoms with Gasteiger partial charge in [0.1, 0.15) is 12.2 Å². The lowest BCUT2D eigenvalue weighted by molar-refractivity contribution is -0.144. The Hall–Kier alpha value is -2.35. The van der Waals surface area contributed by atoms with Gasteiger partial charge in [-0.2, -0.15) is 0 Å². The van der Waals surface area contributed by atoms with Gasteiger partial charge in [-0.15, -0.1) is 0 Å². The summed E-state index contributed by atoms with van der Waals surface area (Å²) in [6, 6.07) is 7.14. The monoisotopic (exact) mass is 481 g/mol. The van der Waals surface area contributed by atoms with Crippen molar-refractivity contribution >= 4 is 39.5 Å². The van der Waals surface area contributed by atoms with Crippen LogP contribution in [-0.2, 0) is 23.8 Å². The first-order valence-corrected chi connectivity index (χ1v) is 10.5. The van der Waals surface area contributed by atoms with Crippen LogP contribution >= 0.6 is 15.9 Å². The number of allylic oxidation sites excluding steroid dienone is 1. The summed E-state index contributed by atoms with van der Waals surface area (Å²) in [4.78, 5) is 37.9. The molecule has 0 unspecified atom stereocenters. The molecule has 0 fully saturated rings. The highest BCUT2D eigenvalue weighted by Gasteiger charge is 2.39. The molecule has 30 heavy (non-hydrogen) atoms. The number of rotatable bonds is 5. The molecule has 0 aromatic heterocycles. The lowest BCUT2D eigenvalue weighted by Gasteiger charge is -2.39. The number of benzene rings is 1. The minimum absolute atomic E-state index is 0.0413. The van der Waals surface area contributed by atoms with Crippen LogP contribution in [0.5, 0.6) is 0 Å². The lowest BCUT2D eigenvalue weighted by Crippen LogP contribution is -2.49. The third-order valence-corrected chi connectivity index (χ3v) is 5.14. The Bertz CT molecular complexity index is 812. The van der Waals surface area contributed by atoms with E-state index in [1.807, 2.05) is 24.3 Å². The van der Waals surface area contributed by atoms with Crippen LogP contribution in [0.15, 0.2) is 34.9 Å². The van der Waals surface area contributed by atoms with Gasteiger partial charge in [-0.1, -0.05) is 28.1 Å². The molecule has 8 heteroatoms. The number of hydrogen-bond donors (Lipinski definition) is 0. The maximum Gasteiger partial charge on any atom is 0.414 e. The molecule has 1 aliphatic rings. The van der Waals surface area contributed by atoms with E-state index in [-0.39, 0.29) is 18.9 Å². The van der Waals surface area contributed by atoms with Crippen molar-refractivity contribution in [1.82, 2.24) is 4.90 Å². The summed E-state index contributed by atoms with van der Waals surface area (Å²) in [7, 11) is 1.32. The van der Waals surface area contributed by atoms with Crippen LogP contribution in [0.4, 0.5) is 4.79 Å². The minimum Gasteiger partial charge on any atom is -0.469 e. The Labute approximate surface area is 185 Å². The van der Waals surface area contributed by atoms with Crippen LogP contribution in [0.25, 0.3) is 5.57 Å². The number of esters is 2. The summed E-state index contributed by atoms with van der Waals surface area (Å²) in [6.45, 7) is 6.60. The highest BCUT2D eigenvalue weighted by atomic mass is 79.9. The molecule has 0 saturated carbocycles. The number of amides is 1. The van der Waals surface area contributed by atoms with E-state index in [9.17, 15) is 14.4 Å². The molecule has 0 spiro atoms. The normalized spacial score (nSPS) is 19.0. The van der Waals surface area contributed by atoms with Crippen molar-refractivity contribution in [1.29, 1.82) is 0 Å². The second kappa shape index (κ2) is 10.1. The predicted octanol–water partition coefficient (Wildman–Crippen LogP) is 4.54. The molecule has 1 aromatic carbocycles. The van der Waals surface area contributed by atoms with E-state index < -0.39 is 29.7 Å². The van der Waals surface area contributed by atoms with Crippen LogP contribution in [0, 0.1) is 5.92 Å². The minimum atomic E-state index is -0.704. The zero-order chi connectivity index (χ0) is 22.5. The van der Waals surface area contributed by atoms with Crippen molar-refractivity contribution in [3.05, 3.63) is 40.5 Å². The van der Waals surface area contributed by atoms with E-state index in [0.29, 0.717) is 6.42 Å². The smallest absolute Gasteiger partial charge is 0.414 e. The number of nitrogens with zero attached hydrogens (tertiary/aromatic N) is 1. The molecular formula is C22H28BrNO6. The van der Waals surface area contributed by atoms with Gasteiger partial charge in [0.25, 0.3) is 0 Å². The summed E-state index contributed by atoms with van der Waals surface area (Å²) >= 11 is 3.42. The fourth-order valence-electron chi connectivity index (χ4n) is 3.25. The Balaban J connectivity index is 2.46. The molecule has 2 atom stereocenters. The number of halogens is 1. The van der Waals surface area contributed by atoms with Crippen molar-refractivity contribution in [2.24, 2.45) is 5.92 Å². The zero-order valence-corrected chi connectivity index (χ0v) is 19.5. The Morgan fingerprint density at radius 3 is 2.33 bits per heavy atom. The van der Waals surface area contributed by atoms with Crippen LogP contribution in [-0.4, -0.2) is 48.3 Å². The topological polar surface area (TPSA) is 82.1 Å². The molecule has 0 aliphatic carbocycles. The number of carbonyl (C=O) groups is 3. The van der Waals surface area contributed by atoms with E-state index in [1.165, 1.54) is 18.9 Å². The van der Waals surface area contributed by atoms with E-state index in [4.69, 9.17) is 14.2 Å². The average molecular weight is 482 g/mol. The summed E-state index contributed by atoms with van der Waals surface area (Å²) in [5.74, 6) is -1.17. The number of hydrogen-bond acceptors (Lipinski definition) is 6. The summed E-state index contributed by atoms with van der Waals surface area (Å²) < 4.78 is 16.6. The maximum atomic E-state index is 13.0. The van der Waals surface area contributed by atoms with Gasteiger partial charge in [-0.25, -0.2) is 4.79 Å². The van der Waals surface area contributed by atoms with Gasteiger partial charge >= 0.3 is 18.0 Å². The molecule has 0 saturated heterocycles. The maximum absolute atomic E-state index is 13.0. The van der Waals surface area contributed by atoms with Gasteiger partial charge < -0.3 is 14.2 Å². The van der Waals surface area contributed by atoms with Crippen molar-refractivity contribution in [3.8, 4) is 0 Å². The second-order valence-corrected chi connectivity index (χ2v) is 9.08. The summed E-state index contributed by atoms with van der Waals surface area (Å²) in [5.41, 5.74) is 1.10. The van der Waals surface area contributed by atoms with Crippen molar-refractivity contribution in [2.75, 3.05) is 13.7 Å². The third kappa shape index (κ3) is 6.86. The summed E-state index contributed by atoms with van der Waals surface area (Å²) in [6.07, 6.45) is 1.75. The van der Waals surface area contributed by atoms with Crippen molar-refractivity contribution in [3.63, 3.8) is 0 Å². The van der Waals surface area contributed by atoms with Gasteiger partial charge in [-0.3, -0.25) is 14.5 Å². The van der Waals surface area contributed by atoms with Gasteiger partial charge in [0.2, 0.25) is 0 Å².